The maximum atomic E-state index is 13.8. The van der Waals surface area contributed by atoms with E-state index in [4.69, 9.17) is 23.4 Å². The Hall–Kier alpha value is -4.82. The molecule has 2 aromatic heterocycles. The number of hydrogen-bond donors (Lipinski definition) is 1. The zero-order valence-corrected chi connectivity index (χ0v) is 29.0. The van der Waals surface area contributed by atoms with Crippen LogP contribution in [0.2, 0.25) is 0 Å². The summed E-state index contributed by atoms with van der Waals surface area (Å²) in [5.74, 6) is -0.981. The van der Waals surface area contributed by atoms with Crippen LogP contribution in [0, 0.1) is 40.9 Å². The van der Waals surface area contributed by atoms with Crippen LogP contribution in [0.5, 0.6) is 5.75 Å². The van der Waals surface area contributed by atoms with Crippen LogP contribution in [-0.4, -0.2) is 40.5 Å². The lowest BCUT2D eigenvalue weighted by molar-refractivity contribution is -0.330. The number of esters is 1. The van der Waals surface area contributed by atoms with Crippen molar-refractivity contribution in [3.05, 3.63) is 117 Å². The van der Waals surface area contributed by atoms with Crippen molar-refractivity contribution in [3.63, 3.8) is 0 Å². The lowest BCUT2D eigenvalue weighted by atomic mass is 9.42. The first-order chi connectivity index (χ1) is 24.5. The molecule has 0 radical (unpaired) electrons. The standard InChI is InChI=1S/C41H40N2O8/c1-23-8-5-6-10-27(23)38-47-22-40(3)30-19-32(49-36(45)25-13-11-24(20-42)12-14-25)41(4)35(39(30,2)16-15-31(40)50-38)34(44)33-29(51-41)18-28(48-37(33)46)26-9-7-17-43-21-26/h5-14,17-18,21,30-32,34-35,38,44H,15-16,19,22H2,1-4H3/t30?,31-,32-,34-,35?,38+,39?,40-,41+/m0/s1. The van der Waals surface area contributed by atoms with Gasteiger partial charge in [0, 0.05) is 40.9 Å². The number of aromatic nitrogens is 1. The van der Waals surface area contributed by atoms with Gasteiger partial charge in [0.05, 0.1) is 36.0 Å². The Balaban J connectivity index is 1.21. The minimum Gasteiger partial charge on any atom is -0.482 e. The second kappa shape index (κ2) is 12.2. The normalized spacial score (nSPS) is 33.6. The number of aliphatic hydroxyl groups excluding tert-OH is 1. The lowest BCUT2D eigenvalue weighted by Crippen LogP contribution is -2.72. The highest BCUT2D eigenvalue weighted by Gasteiger charge is 2.71. The summed E-state index contributed by atoms with van der Waals surface area (Å²) >= 11 is 0. The van der Waals surface area contributed by atoms with Gasteiger partial charge in [0.2, 0.25) is 0 Å². The molecule has 1 N–H and O–H groups in total. The van der Waals surface area contributed by atoms with E-state index in [1.54, 1.807) is 54.9 Å². The number of aryl methyl sites for hydroxylation is 1. The third kappa shape index (κ3) is 5.21. The second-order valence-electron chi connectivity index (χ2n) is 15.2. The topological polar surface area (TPSA) is 141 Å². The van der Waals surface area contributed by atoms with E-state index in [0.717, 1.165) is 11.1 Å². The molecule has 0 bridgehead atoms. The van der Waals surface area contributed by atoms with Gasteiger partial charge < -0.3 is 28.5 Å². The van der Waals surface area contributed by atoms with Gasteiger partial charge in [-0.25, -0.2) is 9.59 Å². The minimum atomic E-state index is -1.29. The predicted octanol–water partition coefficient (Wildman–Crippen LogP) is 6.85. The molecular formula is C41H40N2O8. The predicted molar refractivity (Wildman–Crippen MR) is 184 cm³/mol. The molecule has 10 nitrogen and oxygen atoms in total. The SMILES string of the molecule is Cc1ccccc1[C@@H]1OC[C@@]2(C)C3C[C@H](OC(=O)c4ccc(C#N)cc4)[C@@]4(C)Oc5cc(-c6cccnc6)oc(=O)c5[C@H](O)C4C3(C)CC[C@@H]2O1. The lowest BCUT2D eigenvalue weighted by Gasteiger charge is -2.67. The zero-order chi connectivity index (χ0) is 35.7. The highest BCUT2D eigenvalue weighted by atomic mass is 16.7. The van der Waals surface area contributed by atoms with E-state index >= 15 is 0 Å². The van der Waals surface area contributed by atoms with E-state index in [-0.39, 0.29) is 34.7 Å². The molecule has 0 spiro atoms. The average Bonchev–Trinajstić information content (AvgIpc) is 3.12. The Morgan fingerprint density at radius 2 is 1.84 bits per heavy atom. The Morgan fingerprint density at radius 1 is 1.06 bits per heavy atom. The summed E-state index contributed by atoms with van der Waals surface area (Å²) in [6, 6.07) is 21.5. The van der Waals surface area contributed by atoms with Crippen LogP contribution in [0.15, 0.2) is 88.3 Å². The first kappa shape index (κ1) is 33.3. The Bertz CT molecular complexity index is 2090. The summed E-state index contributed by atoms with van der Waals surface area (Å²) in [5, 5.41) is 21.7. The maximum absolute atomic E-state index is 13.8. The fourth-order valence-electron chi connectivity index (χ4n) is 9.75. The van der Waals surface area contributed by atoms with E-state index < -0.39 is 52.4 Å². The number of nitriles is 1. The molecule has 262 valence electrons. The van der Waals surface area contributed by atoms with E-state index in [0.29, 0.717) is 37.0 Å². The van der Waals surface area contributed by atoms with Crippen LogP contribution in [0.1, 0.15) is 85.0 Å². The smallest absolute Gasteiger partial charge is 0.345 e. The van der Waals surface area contributed by atoms with E-state index in [1.807, 2.05) is 38.1 Å². The Labute approximate surface area is 296 Å². The van der Waals surface area contributed by atoms with Gasteiger partial charge in [0.25, 0.3) is 0 Å². The molecule has 10 heteroatoms. The van der Waals surface area contributed by atoms with Gasteiger partial charge in [-0.2, -0.15) is 5.26 Å². The fourth-order valence-corrected chi connectivity index (χ4v) is 9.75. The molecule has 2 aromatic carbocycles. The third-order valence-electron chi connectivity index (χ3n) is 12.3. The highest BCUT2D eigenvalue weighted by molar-refractivity contribution is 5.89. The fraction of sp³-hybridized carbons (Fsp3) is 0.415. The van der Waals surface area contributed by atoms with Crippen LogP contribution in [0.25, 0.3) is 11.3 Å². The van der Waals surface area contributed by atoms with Crippen molar-refractivity contribution in [2.75, 3.05) is 6.61 Å². The zero-order valence-electron chi connectivity index (χ0n) is 29.0. The van der Waals surface area contributed by atoms with Crippen molar-refractivity contribution < 1.29 is 33.3 Å². The first-order valence-electron chi connectivity index (χ1n) is 17.5. The highest BCUT2D eigenvalue weighted by Crippen LogP contribution is 2.68. The molecular weight excluding hydrogens is 648 g/mol. The van der Waals surface area contributed by atoms with Crippen molar-refractivity contribution in [2.45, 2.75) is 77.2 Å². The Morgan fingerprint density at radius 3 is 2.57 bits per heavy atom. The maximum Gasteiger partial charge on any atom is 0.345 e. The van der Waals surface area contributed by atoms with Gasteiger partial charge in [-0.05, 0) is 86.4 Å². The summed E-state index contributed by atoms with van der Waals surface area (Å²) in [7, 11) is 0. The number of rotatable bonds is 4. The summed E-state index contributed by atoms with van der Waals surface area (Å²) in [4.78, 5) is 31.7. The molecule has 8 rings (SSSR count). The van der Waals surface area contributed by atoms with Gasteiger partial charge >= 0.3 is 11.6 Å². The number of fused-ring (bicyclic) bond motifs is 6. The molecule has 3 unspecified atom stereocenters. The summed E-state index contributed by atoms with van der Waals surface area (Å²) in [6.07, 6.45) is 2.17. The molecule has 4 heterocycles. The number of carbonyl (C=O) groups excluding carboxylic acids is 1. The van der Waals surface area contributed by atoms with Crippen LogP contribution in [0.3, 0.4) is 0 Å². The minimum absolute atomic E-state index is 0.0483. The summed E-state index contributed by atoms with van der Waals surface area (Å²) in [6.45, 7) is 8.62. The number of nitrogens with zero attached hydrogens (tertiary/aromatic N) is 2. The molecule has 4 aromatic rings. The molecule has 51 heavy (non-hydrogen) atoms. The molecule has 1 saturated heterocycles. The third-order valence-corrected chi connectivity index (χ3v) is 12.3. The van der Waals surface area contributed by atoms with Crippen molar-refractivity contribution in [3.8, 4) is 23.1 Å². The van der Waals surface area contributed by atoms with Crippen molar-refractivity contribution in [1.29, 1.82) is 5.26 Å². The van der Waals surface area contributed by atoms with E-state index in [2.05, 4.69) is 24.9 Å². The quantitative estimate of drug-likeness (QED) is 0.226. The van der Waals surface area contributed by atoms with Crippen LogP contribution in [-0.2, 0) is 14.2 Å². The molecule has 0 amide bonds. The van der Waals surface area contributed by atoms with Crippen LogP contribution >= 0.6 is 0 Å². The van der Waals surface area contributed by atoms with Gasteiger partial charge in [-0.1, -0.05) is 38.1 Å². The first-order valence-corrected chi connectivity index (χ1v) is 17.5. The number of hydrogen-bond acceptors (Lipinski definition) is 10. The monoisotopic (exact) mass is 688 g/mol. The molecule has 9 atom stereocenters. The number of aliphatic hydroxyl groups is 1. The molecule has 4 aliphatic rings. The summed E-state index contributed by atoms with van der Waals surface area (Å²) in [5.41, 5.74) is 0.357. The second-order valence-corrected chi connectivity index (χ2v) is 15.2. The van der Waals surface area contributed by atoms with Crippen molar-refractivity contribution in [2.24, 2.45) is 22.7 Å². The van der Waals surface area contributed by atoms with Crippen molar-refractivity contribution >= 4 is 5.97 Å². The molecule has 2 saturated carbocycles. The van der Waals surface area contributed by atoms with E-state index in [1.165, 1.54) is 0 Å². The number of pyridine rings is 1. The van der Waals surface area contributed by atoms with Crippen LogP contribution < -0.4 is 10.4 Å². The van der Waals surface area contributed by atoms with Gasteiger partial charge in [-0.3, -0.25) is 4.98 Å². The number of carbonyl (C=O) groups is 1. The Kier molecular flexibility index (Phi) is 7.94. The number of benzene rings is 2. The van der Waals surface area contributed by atoms with Crippen LogP contribution in [0.4, 0.5) is 0 Å². The molecule has 2 aliphatic carbocycles. The number of ether oxygens (including phenoxy) is 4. The molecule has 3 fully saturated rings. The molecule has 2 aliphatic heterocycles. The average molecular weight is 689 g/mol. The van der Waals surface area contributed by atoms with Gasteiger partial charge in [0.15, 0.2) is 6.29 Å². The summed E-state index contributed by atoms with van der Waals surface area (Å²) < 4.78 is 32.3. The van der Waals surface area contributed by atoms with Gasteiger partial charge in [0.1, 0.15) is 28.8 Å². The van der Waals surface area contributed by atoms with E-state index in [9.17, 15) is 20.0 Å². The largest absolute Gasteiger partial charge is 0.482 e. The van der Waals surface area contributed by atoms with Crippen molar-refractivity contribution in [1.82, 2.24) is 4.98 Å². The van der Waals surface area contributed by atoms with Gasteiger partial charge in [-0.15, -0.1) is 0 Å².